The van der Waals surface area contributed by atoms with Gasteiger partial charge in [-0.1, -0.05) is 34.1 Å². The number of aromatic nitrogens is 1. The molecule has 2 heterocycles. The highest BCUT2D eigenvalue weighted by molar-refractivity contribution is 9.10. The smallest absolute Gasteiger partial charge is 0.216 e. The SMILES string of the molecule is Fc1cccc(OC2CCN(Cc3cccc(Br)c3)C2)n1. The largest absolute Gasteiger partial charge is 0.473 e. The normalized spacial score (nSPS) is 18.9. The van der Waals surface area contributed by atoms with Gasteiger partial charge >= 0.3 is 0 Å². The third-order valence-electron chi connectivity index (χ3n) is 3.50. The van der Waals surface area contributed by atoms with Gasteiger partial charge in [-0.2, -0.15) is 9.37 Å². The van der Waals surface area contributed by atoms with Crippen LogP contribution in [0.25, 0.3) is 0 Å². The van der Waals surface area contributed by atoms with Crippen LogP contribution in [0.3, 0.4) is 0 Å². The lowest BCUT2D eigenvalue weighted by molar-refractivity contribution is 0.189. The molecule has 0 amide bonds. The molecule has 0 aliphatic carbocycles. The molecular formula is C16H16BrFN2O. The summed E-state index contributed by atoms with van der Waals surface area (Å²) in [4.78, 5) is 6.08. The molecule has 1 fully saturated rings. The maximum absolute atomic E-state index is 13.0. The Labute approximate surface area is 131 Å². The first-order chi connectivity index (χ1) is 10.2. The van der Waals surface area contributed by atoms with Gasteiger partial charge in [0.2, 0.25) is 11.8 Å². The van der Waals surface area contributed by atoms with Crippen molar-refractivity contribution < 1.29 is 9.13 Å². The highest BCUT2D eigenvalue weighted by Gasteiger charge is 2.24. The Hall–Kier alpha value is -1.46. The summed E-state index contributed by atoms with van der Waals surface area (Å²) in [6.45, 7) is 2.72. The molecule has 1 saturated heterocycles. The average molecular weight is 351 g/mol. The number of ether oxygens (including phenoxy) is 1. The summed E-state index contributed by atoms with van der Waals surface area (Å²) in [7, 11) is 0. The lowest BCUT2D eigenvalue weighted by Gasteiger charge is -2.16. The van der Waals surface area contributed by atoms with Crippen LogP contribution in [0, 0.1) is 5.95 Å². The van der Waals surface area contributed by atoms with Crippen molar-refractivity contribution in [2.75, 3.05) is 13.1 Å². The van der Waals surface area contributed by atoms with Crippen molar-refractivity contribution in [3.8, 4) is 5.88 Å². The molecular weight excluding hydrogens is 335 g/mol. The van der Waals surface area contributed by atoms with E-state index in [0.29, 0.717) is 5.88 Å². The predicted molar refractivity (Wildman–Crippen MR) is 82.6 cm³/mol. The second kappa shape index (κ2) is 6.54. The monoisotopic (exact) mass is 350 g/mol. The molecule has 2 aromatic rings. The summed E-state index contributed by atoms with van der Waals surface area (Å²) < 4.78 is 19.9. The van der Waals surface area contributed by atoms with Crippen LogP contribution in [0.2, 0.25) is 0 Å². The van der Waals surface area contributed by atoms with E-state index >= 15 is 0 Å². The van der Waals surface area contributed by atoms with Gasteiger partial charge in [0.15, 0.2) is 0 Å². The van der Waals surface area contributed by atoms with Gasteiger partial charge < -0.3 is 4.74 Å². The van der Waals surface area contributed by atoms with Gasteiger partial charge in [-0.25, -0.2) is 0 Å². The maximum atomic E-state index is 13.0. The van der Waals surface area contributed by atoms with E-state index in [0.717, 1.165) is 30.5 Å². The standard InChI is InChI=1S/C16H16BrFN2O/c17-13-4-1-3-12(9-13)10-20-8-7-14(11-20)21-16-6-2-5-15(18)19-16/h1-6,9,14H,7-8,10-11H2. The Morgan fingerprint density at radius 1 is 1.29 bits per heavy atom. The molecule has 21 heavy (non-hydrogen) atoms. The van der Waals surface area contributed by atoms with Crippen molar-refractivity contribution in [2.24, 2.45) is 0 Å². The number of benzene rings is 1. The van der Waals surface area contributed by atoms with E-state index < -0.39 is 5.95 Å². The Bertz CT molecular complexity index is 569. The number of pyridine rings is 1. The first-order valence-corrected chi connectivity index (χ1v) is 7.74. The summed E-state index contributed by atoms with van der Waals surface area (Å²) in [5, 5.41) is 0. The zero-order valence-corrected chi connectivity index (χ0v) is 13.1. The molecule has 3 rings (SSSR count). The number of hydrogen-bond donors (Lipinski definition) is 0. The lowest BCUT2D eigenvalue weighted by atomic mass is 10.2. The summed E-state index contributed by atoms with van der Waals surface area (Å²) in [5.41, 5.74) is 1.27. The van der Waals surface area contributed by atoms with Crippen LogP contribution in [0.15, 0.2) is 46.9 Å². The first-order valence-electron chi connectivity index (χ1n) is 6.95. The Kier molecular flexibility index (Phi) is 4.51. The first kappa shape index (κ1) is 14.5. The molecule has 0 spiro atoms. The van der Waals surface area contributed by atoms with Crippen LogP contribution in [-0.4, -0.2) is 29.1 Å². The molecule has 1 unspecified atom stereocenters. The van der Waals surface area contributed by atoms with Crippen LogP contribution < -0.4 is 4.74 Å². The molecule has 110 valence electrons. The zero-order chi connectivity index (χ0) is 14.7. The van der Waals surface area contributed by atoms with Crippen molar-refractivity contribution in [1.29, 1.82) is 0 Å². The minimum absolute atomic E-state index is 0.0754. The Morgan fingerprint density at radius 2 is 2.14 bits per heavy atom. The van der Waals surface area contributed by atoms with Gasteiger partial charge in [-0.3, -0.25) is 4.90 Å². The second-order valence-corrected chi connectivity index (χ2v) is 6.11. The molecule has 0 saturated carbocycles. The van der Waals surface area contributed by atoms with Crippen molar-refractivity contribution in [1.82, 2.24) is 9.88 Å². The molecule has 1 aromatic heterocycles. The fourth-order valence-corrected chi connectivity index (χ4v) is 3.00. The van der Waals surface area contributed by atoms with E-state index in [9.17, 15) is 4.39 Å². The van der Waals surface area contributed by atoms with Gasteiger partial charge in [-0.05, 0) is 30.2 Å². The zero-order valence-electron chi connectivity index (χ0n) is 11.5. The summed E-state index contributed by atoms with van der Waals surface area (Å²) in [5.74, 6) is -0.138. The van der Waals surface area contributed by atoms with Crippen molar-refractivity contribution in [3.05, 3.63) is 58.4 Å². The average Bonchev–Trinajstić information content (AvgIpc) is 2.86. The van der Waals surface area contributed by atoms with Crippen LogP contribution in [-0.2, 0) is 6.54 Å². The molecule has 1 aliphatic heterocycles. The van der Waals surface area contributed by atoms with E-state index in [4.69, 9.17) is 4.74 Å². The summed E-state index contributed by atoms with van der Waals surface area (Å²) >= 11 is 3.49. The fourth-order valence-electron chi connectivity index (χ4n) is 2.56. The number of likely N-dealkylation sites (tertiary alicyclic amines) is 1. The Morgan fingerprint density at radius 3 is 2.95 bits per heavy atom. The predicted octanol–water partition coefficient (Wildman–Crippen LogP) is 3.64. The quantitative estimate of drug-likeness (QED) is 0.787. The Balaban J connectivity index is 1.56. The van der Waals surface area contributed by atoms with E-state index in [1.165, 1.54) is 11.6 Å². The third-order valence-corrected chi connectivity index (χ3v) is 3.99. The lowest BCUT2D eigenvalue weighted by Crippen LogP contribution is -2.24. The molecule has 1 aromatic carbocycles. The van der Waals surface area contributed by atoms with Crippen molar-refractivity contribution in [3.63, 3.8) is 0 Å². The number of nitrogens with zero attached hydrogens (tertiary/aromatic N) is 2. The maximum Gasteiger partial charge on any atom is 0.216 e. The highest BCUT2D eigenvalue weighted by atomic mass is 79.9. The van der Waals surface area contributed by atoms with Crippen LogP contribution in [0.5, 0.6) is 5.88 Å². The van der Waals surface area contributed by atoms with E-state index in [2.05, 4.69) is 37.9 Å². The number of hydrogen-bond acceptors (Lipinski definition) is 3. The van der Waals surface area contributed by atoms with Crippen LogP contribution >= 0.6 is 15.9 Å². The molecule has 0 bridgehead atoms. The van der Waals surface area contributed by atoms with Gasteiger partial charge in [-0.15, -0.1) is 0 Å². The highest BCUT2D eigenvalue weighted by Crippen LogP contribution is 2.20. The van der Waals surface area contributed by atoms with Crippen LogP contribution in [0.4, 0.5) is 4.39 Å². The van der Waals surface area contributed by atoms with Gasteiger partial charge in [0.25, 0.3) is 0 Å². The summed E-state index contributed by atoms with van der Waals surface area (Å²) in [6.07, 6.45) is 1.01. The van der Waals surface area contributed by atoms with Gasteiger partial charge in [0, 0.05) is 30.2 Å². The fraction of sp³-hybridized carbons (Fsp3) is 0.312. The molecule has 0 N–H and O–H groups in total. The topological polar surface area (TPSA) is 25.4 Å². The van der Waals surface area contributed by atoms with E-state index in [1.807, 2.05) is 12.1 Å². The van der Waals surface area contributed by atoms with E-state index in [-0.39, 0.29) is 6.10 Å². The minimum Gasteiger partial charge on any atom is -0.473 e. The third kappa shape index (κ3) is 4.02. The van der Waals surface area contributed by atoms with Gasteiger partial charge in [0.05, 0.1) is 0 Å². The molecule has 5 heteroatoms. The molecule has 1 aliphatic rings. The number of halogens is 2. The molecule has 1 atom stereocenters. The second-order valence-electron chi connectivity index (χ2n) is 5.19. The number of rotatable bonds is 4. The molecule has 3 nitrogen and oxygen atoms in total. The minimum atomic E-state index is -0.503. The molecule has 0 radical (unpaired) electrons. The van der Waals surface area contributed by atoms with Gasteiger partial charge in [0.1, 0.15) is 6.10 Å². The summed E-state index contributed by atoms with van der Waals surface area (Å²) in [6, 6.07) is 12.9. The van der Waals surface area contributed by atoms with Crippen molar-refractivity contribution in [2.45, 2.75) is 19.1 Å². The van der Waals surface area contributed by atoms with Crippen LogP contribution in [0.1, 0.15) is 12.0 Å². The van der Waals surface area contributed by atoms with E-state index in [1.54, 1.807) is 12.1 Å². The van der Waals surface area contributed by atoms with Crippen molar-refractivity contribution >= 4 is 15.9 Å².